The molecule has 1 rings (SSSR count). The van der Waals surface area contributed by atoms with Gasteiger partial charge in [0, 0.05) is 23.5 Å². The lowest BCUT2D eigenvalue weighted by Crippen LogP contribution is -2.13. The lowest BCUT2D eigenvalue weighted by molar-refractivity contribution is 0.890. The van der Waals surface area contributed by atoms with Crippen molar-refractivity contribution in [2.24, 2.45) is 0 Å². The summed E-state index contributed by atoms with van der Waals surface area (Å²) in [7, 11) is 0. The molecule has 2 heteroatoms. The molecule has 1 aromatic rings. The molecule has 1 aromatic carbocycles. The predicted octanol–water partition coefficient (Wildman–Crippen LogP) is 3.94. The van der Waals surface area contributed by atoms with Crippen LogP contribution in [-0.2, 0) is 0 Å². The van der Waals surface area contributed by atoms with Gasteiger partial charge in [0.25, 0.3) is 0 Å². The molecule has 0 aliphatic heterocycles. The number of hydrogen-bond donors (Lipinski definition) is 2. The van der Waals surface area contributed by atoms with Crippen molar-refractivity contribution >= 4 is 11.4 Å². The van der Waals surface area contributed by atoms with Crippen LogP contribution in [0.5, 0.6) is 0 Å². The highest BCUT2D eigenvalue weighted by Gasteiger charge is 2.06. The molecule has 0 aliphatic rings. The van der Waals surface area contributed by atoms with Crippen LogP contribution >= 0.6 is 0 Å². The van der Waals surface area contributed by atoms with Crippen LogP contribution in [0.4, 0.5) is 11.4 Å². The molecule has 16 heavy (non-hydrogen) atoms. The van der Waals surface area contributed by atoms with E-state index in [4.69, 9.17) is 0 Å². The van der Waals surface area contributed by atoms with Gasteiger partial charge in [0.2, 0.25) is 0 Å². The van der Waals surface area contributed by atoms with Crippen LogP contribution in [0, 0.1) is 13.8 Å². The fourth-order valence-corrected chi connectivity index (χ4v) is 1.75. The average molecular weight is 220 g/mol. The van der Waals surface area contributed by atoms with Gasteiger partial charge in [-0.15, -0.1) is 0 Å². The molecule has 0 aliphatic carbocycles. The van der Waals surface area contributed by atoms with Gasteiger partial charge in [-0.05, 0) is 64.8 Å². The van der Waals surface area contributed by atoms with Gasteiger partial charge >= 0.3 is 0 Å². The van der Waals surface area contributed by atoms with Crippen LogP contribution in [-0.4, -0.2) is 12.1 Å². The van der Waals surface area contributed by atoms with Gasteiger partial charge in [0.15, 0.2) is 0 Å². The molecule has 0 atom stereocenters. The van der Waals surface area contributed by atoms with Gasteiger partial charge in [0.1, 0.15) is 0 Å². The van der Waals surface area contributed by atoms with Crippen LogP contribution in [0.25, 0.3) is 0 Å². The number of hydrogen-bond acceptors (Lipinski definition) is 2. The number of aryl methyl sites for hydroxylation is 2. The molecule has 2 N–H and O–H groups in total. The quantitative estimate of drug-likeness (QED) is 0.803. The Labute approximate surface area is 99.5 Å². The van der Waals surface area contributed by atoms with Crippen molar-refractivity contribution in [1.82, 2.24) is 0 Å². The molecule has 0 fully saturated rings. The van der Waals surface area contributed by atoms with Gasteiger partial charge < -0.3 is 10.6 Å². The summed E-state index contributed by atoms with van der Waals surface area (Å²) in [6.45, 7) is 12.9. The van der Waals surface area contributed by atoms with E-state index in [1.807, 2.05) is 0 Å². The largest absolute Gasteiger partial charge is 0.383 e. The molecule has 0 bridgehead atoms. The van der Waals surface area contributed by atoms with Crippen molar-refractivity contribution in [3.8, 4) is 0 Å². The molecular formula is C14H24N2. The molecule has 0 spiro atoms. The third-order valence-electron chi connectivity index (χ3n) is 2.46. The zero-order valence-corrected chi connectivity index (χ0v) is 11.3. The second-order valence-corrected chi connectivity index (χ2v) is 5.08. The van der Waals surface area contributed by atoms with Gasteiger partial charge in [0.05, 0.1) is 0 Å². The highest BCUT2D eigenvalue weighted by atomic mass is 14.9. The van der Waals surface area contributed by atoms with Crippen LogP contribution in [0.2, 0.25) is 0 Å². The summed E-state index contributed by atoms with van der Waals surface area (Å²) in [5.41, 5.74) is 5.06. The summed E-state index contributed by atoms with van der Waals surface area (Å²) in [4.78, 5) is 0. The van der Waals surface area contributed by atoms with Gasteiger partial charge in [-0.3, -0.25) is 0 Å². The standard InChI is InChI=1S/C14H24N2/c1-9(2)15-13-7-12(6)14(8-11(13)5)16-10(3)4/h7-10,15-16H,1-6H3. The fourth-order valence-electron chi connectivity index (χ4n) is 1.75. The molecule has 0 unspecified atom stereocenters. The fraction of sp³-hybridized carbons (Fsp3) is 0.571. The van der Waals surface area contributed by atoms with E-state index in [2.05, 4.69) is 64.3 Å². The smallest absolute Gasteiger partial charge is 0.0376 e. The SMILES string of the molecule is Cc1cc(NC(C)C)c(C)cc1NC(C)C. The van der Waals surface area contributed by atoms with Crippen molar-refractivity contribution in [2.75, 3.05) is 10.6 Å². The Balaban J connectivity index is 2.97. The van der Waals surface area contributed by atoms with Crippen molar-refractivity contribution in [2.45, 2.75) is 53.6 Å². The minimum atomic E-state index is 0.474. The van der Waals surface area contributed by atoms with E-state index in [1.54, 1.807) is 0 Å². The minimum absolute atomic E-state index is 0.474. The number of rotatable bonds is 4. The van der Waals surface area contributed by atoms with Gasteiger partial charge in [-0.1, -0.05) is 0 Å². The Morgan fingerprint density at radius 3 is 1.31 bits per heavy atom. The molecule has 0 aromatic heterocycles. The van der Waals surface area contributed by atoms with E-state index in [0.717, 1.165) is 0 Å². The van der Waals surface area contributed by atoms with Crippen LogP contribution < -0.4 is 10.6 Å². The number of benzene rings is 1. The van der Waals surface area contributed by atoms with Crippen molar-refractivity contribution in [1.29, 1.82) is 0 Å². The molecule has 2 nitrogen and oxygen atoms in total. The Kier molecular flexibility index (Phi) is 4.22. The van der Waals surface area contributed by atoms with Crippen molar-refractivity contribution in [3.05, 3.63) is 23.3 Å². The topological polar surface area (TPSA) is 24.1 Å². The lowest BCUT2D eigenvalue weighted by atomic mass is 10.1. The summed E-state index contributed by atoms with van der Waals surface area (Å²) in [6.07, 6.45) is 0. The molecule has 0 heterocycles. The first-order valence-electron chi connectivity index (χ1n) is 6.04. The Morgan fingerprint density at radius 2 is 1.06 bits per heavy atom. The third-order valence-corrected chi connectivity index (χ3v) is 2.46. The first kappa shape index (κ1) is 12.9. The van der Waals surface area contributed by atoms with Gasteiger partial charge in [-0.25, -0.2) is 0 Å². The summed E-state index contributed by atoms with van der Waals surface area (Å²) < 4.78 is 0. The molecule has 0 radical (unpaired) electrons. The predicted molar refractivity (Wildman–Crippen MR) is 73.4 cm³/mol. The highest BCUT2D eigenvalue weighted by molar-refractivity contribution is 5.64. The molecule has 0 saturated carbocycles. The van der Waals surface area contributed by atoms with E-state index < -0.39 is 0 Å². The Hall–Kier alpha value is -1.18. The van der Waals surface area contributed by atoms with E-state index >= 15 is 0 Å². The summed E-state index contributed by atoms with van der Waals surface area (Å²) in [5, 5.41) is 6.93. The number of nitrogens with one attached hydrogen (secondary N) is 2. The van der Waals surface area contributed by atoms with E-state index in [9.17, 15) is 0 Å². The van der Waals surface area contributed by atoms with Crippen LogP contribution in [0.1, 0.15) is 38.8 Å². The Morgan fingerprint density at radius 1 is 0.750 bits per heavy atom. The first-order valence-corrected chi connectivity index (χ1v) is 6.04. The monoisotopic (exact) mass is 220 g/mol. The lowest BCUT2D eigenvalue weighted by Gasteiger charge is -2.18. The van der Waals surface area contributed by atoms with E-state index in [1.165, 1.54) is 22.5 Å². The highest BCUT2D eigenvalue weighted by Crippen LogP contribution is 2.25. The average Bonchev–Trinajstić information content (AvgIpc) is 2.11. The second-order valence-electron chi connectivity index (χ2n) is 5.08. The zero-order valence-electron chi connectivity index (χ0n) is 11.3. The van der Waals surface area contributed by atoms with E-state index in [-0.39, 0.29) is 0 Å². The second kappa shape index (κ2) is 5.24. The zero-order chi connectivity index (χ0) is 12.3. The molecule has 90 valence electrons. The maximum absolute atomic E-state index is 3.47. The molecule has 0 amide bonds. The first-order chi connectivity index (χ1) is 7.40. The van der Waals surface area contributed by atoms with Crippen molar-refractivity contribution in [3.63, 3.8) is 0 Å². The molecule has 0 saturated heterocycles. The summed E-state index contributed by atoms with van der Waals surface area (Å²) >= 11 is 0. The normalized spacial score (nSPS) is 11.0. The van der Waals surface area contributed by atoms with Crippen molar-refractivity contribution < 1.29 is 0 Å². The maximum atomic E-state index is 3.47. The summed E-state index contributed by atoms with van der Waals surface area (Å²) in [5.74, 6) is 0. The van der Waals surface area contributed by atoms with Gasteiger partial charge in [-0.2, -0.15) is 0 Å². The van der Waals surface area contributed by atoms with Crippen LogP contribution in [0.3, 0.4) is 0 Å². The minimum Gasteiger partial charge on any atom is -0.383 e. The maximum Gasteiger partial charge on any atom is 0.0376 e. The van der Waals surface area contributed by atoms with E-state index in [0.29, 0.717) is 12.1 Å². The van der Waals surface area contributed by atoms with Crippen LogP contribution in [0.15, 0.2) is 12.1 Å². The number of anilines is 2. The molecular weight excluding hydrogens is 196 g/mol. The Bertz CT molecular complexity index is 318. The third kappa shape index (κ3) is 3.44. The summed E-state index contributed by atoms with van der Waals surface area (Å²) in [6, 6.07) is 5.39.